The Morgan fingerprint density at radius 2 is 1.41 bits per heavy atom. The van der Waals surface area contributed by atoms with Gasteiger partial charge in [-0.3, -0.25) is 0 Å². The maximum atomic E-state index is 5.37. The van der Waals surface area contributed by atoms with Gasteiger partial charge in [-0.1, -0.05) is 57.0 Å². The van der Waals surface area contributed by atoms with Crippen molar-refractivity contribution in [3.8, 4) is 16.9 Å². The first-order chi connectivity index (χ1) is 10.8. The third-order valence-corrected chi connectivity index (χ3v) is 4.09. The van der Waals surface area contributed by atoms with E-state index in [0.717, 1.165) is 5.75 Å². The Bertz CT molecular complexity index is 560. The van der Waals surface area contributed by atoms with Crippen LogP contribution in [0.2, 0.25) is 0 Å². The van der Waals surface area contributed by atoms with E-state index < -0.39 is 0 Å². The zero-order chi connectivity index (χ0) is 15.8. The van der Waals surface area contributed by atoms with E-state index in [1.165, 1.54) is 60.8 Å². The Balaban J connectivity index is 2.34. The molecule has 0 amide bonds. The van der Waals surface area contributed by atoms with Gasteiger partial charge in [-0.15, -0.1) is 0 Å². The van der Waals surface area contributed by atoms with Crippen LogP contribution in [0.1, 0.15) is 50.7 Å². The van der Waals surface area contributed by atoms with E-state index in [-0.39, 0.29) is 0 Å². The molecule has 0 aliphatic rings. The summed E-state index contributed by atoms with van der Waals surface area (Å²) in [5.41, 5.74) is 5.50. The minimum atomic E-state index is 0.923. The predicted octanol–water partition coefficient (Wildman–Crippen LogP) is 6.05. The van der Waals surface area contributed by atoms with Crippen molar-refractivity contribution in [2.75, 3.05) is 7.11 Å². The summed E-state index contributed by atoms with van der Waals surface area (Å²) in [4.78, 5) is 0. The summed E-state index contributed by atoms with van der Waals surface area (Å²) in [5.74, 6) is 0.923. The van der Waals surface area contributed by atoms with Gasteiger partial charge in [0.15, 0.2) is 0 Å². The number of hydrogen-bond donors (Lipinski definition) is 0. The smallest absolute Gasteiger partial charge is 0.119 e. The second-order valence-corrected chi connectivity index (χ2v) is 5.98. The van der Waals surface area contributed by atoms with E-state index >= 15 is 0 Å². The minimum Gasteiger partial charge on any atom is -0.497 e. The van der Waals surface area contributed by atoms with Crippen molar-refractivity contribution in [2.45, 2.75) is 52.4 Å². The number of ether oxygens (including phenoxy) is 1. The molecule has 0 atom stereocenters. The van der Waals surface area contributed by atoms with Crippen molar-refractivity contribution < 1.29 is 4.74 Å². The number of rotatable bonds is 8. The van der Waals surface area contributed by atoms with E-state index in [1.807, 2.05) is 6.07 Å². The lowest BCUT2D eigenvalue weighted by atomic mass is 9.95. The first kappa shape index (κ1) is 16.6. The molecule has 0 heterocycles. The van der Waals surface area contributed by atoms with Crippen LogP contribution in [0.3, 0.4) is 0 Å². The standard InChI is InChI=1S/C21H28O/c1-4-6-9-17-13-18(10-7-5-2)15-20(14-17)19-11-8-12-21(16-19)22-3/h8,11-16H,4-7,9-10H2,1-3H3. The molecule has 2 aromatic carbocycles. The molecule has 0 fully saturated rings. The van der Waals surface area contributed by atoms with E-state index in [9.17, 15) is 0 Å². The Hall–Kier alpha value is -1.76. The maximum Gasteiger partial charge on any atom is 0.119 e. The summed E-state index contributed by atoms with van der Waals surface area (Å²) in [6, 6.07) is 15.5. The predicted molar refractivity (Wildman–Crippen MR) is 95.7 cm³/mol. The van der Waals surface area contributed by atoms with Crippen molar-refractivity contribution in [3.63, 3.8) is 0 Å². The molecule has 0 unspecified atom stereocenters. The molecule has 0 saturated heterocycles. The molecule has 0 spiro atoms. The van der Waals surface area contributed by atoms with Crippen LogP contribution in [-0.2, 0) is 12.8 Å². The lowest BCUT2D eigenvalue weighted by molar-refractivity contribution is 0.415. The zero-order valence-corrected chi connectivity index (χ0v) is 14.2. The van der Waals surface area contributed by atoms with Crippen molar-refractivity contribution in [1.82, 2.24) is 0 Å². The molecule has 22 heavy (non-hydrogen) atoms. The summed E-state index contributed by atoms with van der Waals surface area (Å²) in [7, 11) is 1.73. The molecular weight excluding hydrogens is 268 g/mol. The Morgan fingerprint density at radius 3 is 1.95 bits per heavy atom. The second kappa shape index (κ2) is 8.63. The van der Waals surface area contributed by atoms with Gasteiger partial charge in [-0.25, -0.2) is 0 Å². The van der Waals surface area contributed by atoms with E-state index in [4.69, 9.17) is 4.74 Å². The van der Waals surface area contributed by atoms with Crippen LogP contribution >= 0.6 is 0 Å². The minimum absolute atomic E-state index is 0.923. The molecule has 1 heteroatoms. The summed E-state index contributed by atoms with van der Waals surface area (Å²) in [5, 5.41) is 0. The highest BCUT2D eigenvalue weighted by Gasteiger charge is 2.05. The highest BCUT2D eigenvalue weighted by Crippen LogP contribution is 2.27. The quantitative estimate of drug-likeness (QED) is 0.576. The molecule has 2 aromatic rings. The summed E-state index contributed by atoms with van der Waals surface area (Å²) in [6.07, 6.45) is 7.35. The molecule has 0 aliphatic heterocycles. The molecule has 0 aromatic heterocycles. The molecular formula is C21H28O. The number of methoxy groups -OCH3 is 1. The number of aryl methyl sites for hydroxylation is 2. The summed E-state index contributed by atoms with van der Waals surface area (Å²) >= 11 is 0. The third kappa shape index (κ3) is 4.62. The lowest BCUT2D eigenvalue weighted by Gasteiger charge is -2.11. The fourth-order valence-corrected chi connectivity index (χ4v) is 2.78. The van der Waals surface area contributed by atoms with Gasteiger partial charge in [0.2, 0.25) is 0 Å². The number of unbranched alkanes of at least 4 members (excludes halogenated alkanes) is 2. The van der Waals surface area contributed by atoms with Gasteiger partial charge in [0, 0.05) is 0 Å². The summed E-state index contributed by atoms with van der Waals surface area (Å²) < 4.78 is 5.37. The molecule has 2 rings (SSSR count). The van der Waals surface area contributed by atoms with Crippen LogP contribution in [-0.4, -0.2) is 7.11 Å². The van der Waals surface area contributed by atoms with Crippen LogP contribution in [0.15, 0.2) is 42.5 Å². The molecule has 1 nitrogen and oxygen atoms in total. The van der Waals surface area contributed by atoms with E-state index in [2.05, 4.69) is 50.2 Å². The molecule has 0 aliphatic carbocycles. The molecule has 118 valence electrons. The topological polar surface area (TPSA) is 9.23 Å². The van der Waals surface area contributed by atoms with Gasteiger partial charge in [-0.2, -0.15) is 0 Å². The van der Waals surface area contributed by atoms with Crippen molar-refractivity contribution in [1.29, 1.82) is 0 Å². The summed E-state index contributed by atoms with van der Waals surface area (Å²) in [6.45, 7) is 4.51. The van der Waals surface area contributed by atoms with E-state index in [0.29, 0.717) is 0 Å². The Kier molecular flexibility index (Phi) is 6.51. The van der Waals surface area contributed by atoms with Crippen LogP contribution in [0.5, 0.6) is 5.75 Å². The van der Waals surface area contributed by atoms with Crippen LogP contribution in [0, 0.1) is 0 Å². The Labute approximate surface area is 135 Å². The van der Waals surface area contributed by atoms with Gasteiger partial charge in [0.05, 0.1) is 7.11 Å². The highest BCUT2D eigenvalue weighted by molar-refractivity contribution is 5.66. The first-order valence-electron chi connectivity index (χ1n) is 8.54. The van der Waals surface area contributed by atoms with Crippen molar-refractivity contribution >= 4 is 0 Å². The SMILES string of the molecule is CCCCc1cc(CCCC)cc(-c2cccc(OC)c2)c1. The first-order valence-corrected chi connectivity index (χ1v) is 8.54. The fourth-order valence-electron chi connectivity index (χ4n) is 2.78. The largest absolute Gasteiger partial charge is 0.497 e. The van der Waals surface area contributed by atoms with Crippen LogP contribution < -0.4 is 4.74 Å². The average molecular weight is 296 g/mol. The van der Waals surface area contributed by atoms with E-state index in [1.54, 1.807) is 7.11 Å². The Morgan fingerprint density at radius 1 is 0.773 bits per heavy atom. The fraction of sp³-hybridized carbons (Fsp3) is 0.429. The average Bonchev–Trinajstić information content (AvgIpc) is 2.58. The highest BCUT2D eigenvalue weighted by atomic mass is 16.5. The molecule has 0 radical (unpaired) electrons. The normalized spacial score (nSPS) is 10.7. The van der Waals surface area contributed by atoms with Crippen molar-refractivity contribution in [3.05, 3.63) is 53.6 Å². The third-order valence-electron chi connectivity index (χ3n) is 4.09. The maximum absolute atomic E-state index is 5.37. The number of hydrogen-bond acceptors (Lipinski definition) is 1. The monoisotopic (exact) mass is 296 g/mol. The van der Waals surface area contributed by atoms with Gasteiger partial charge in [0.1, 0.15) is 5.75 Å². The molecule has 0 bridgehead atoms. The second-order valence-electron chi connectivity index (χ2n) is 5.98. The molecule has 0 saturated carbocycles. The van der Waals surface area contributed by atoms with Crippen LogP contribution in [0.4, 0.5) is 0 Å². The van der Waals surface area contributed by atoms with Gasteiger partial charge in [-0.05, 0) is 60.1 Å². The van der Waals surface area contributed by atoms with Gasteiger partial charge < -0.3 is 4.74 Å². The van der Waals surface area contributed by atoms with Crippen molar-refractivity contribution in [2.24, 2.45) is 0 Å². The zero-order valence-electron chi connectivity index (χ0n) is 14.2. The van der Waals surface area contributed by atoms with Gasteiger partial charge in [0.25, 0.3) is 0 Å². The number of benzene rings is 2. The van der Waals surface area contributed by atoms with Gasteiger partial charge >= 0.3 is 0 Å². The lowest BCUT2D eigenvalue weighted by Crippen LogP contribution is -1.93. The molecule has 0 N–H and O–H groups in total. The van der Waals surface area contributed by atoms with Crippen LogP contribution in [0.25, 0.3) is 11.1 Å².